The molecule has 1 saturated carbocycles. The van der Waals surface area contributed by atoms with E-state index < -0.39 is 0 Å². The zero-order valence-electron chi connectivity index (χ0n) is 16.3. The fourth-order valence-electron chi connectivity index (χ4n) is 4.54. The van der Waals surface area contributed by atoms with E-state index in [2.05, 4.69) is 32.6 Å². The van der Waals surface area contributed by atoms with Crippen LogP contribution in [-0.4, -0.2) is 53.1 Å². The molecular weight excluding hydrogens is 331 g/mol. The van der Waals surface area contributed by atoms with Gasteiger partial charge >= 0.3 is 0 Å². The van der Waals surface area contributed by atoms with Gasteiger partial charge in [0.25, 0.3) is 0 Å². The third-order valence-corrected chi connectivity index (χ3v) is 6.95. The van der Waals surface area contributed by atoms with E-state index in [9.17, 15) is 14.3 Å². The second-order valence-electron chi connectivity index (χ2n) is 8.92. The van der Waals surface area contributed by atoms with E-state index in [0.717, 1.165) is 12.1 Å². The Morgan fingerprint density at radius 2 is 1.77 bits per heavy atom. The molecule has 1 aromatic rings. The number of aliphatic hydroxyl groups excluding tert-OH is 1. The largest absolute Gasteiger partial charge is 0.396 e. The monoisotopic (exact) mass is 362 g/mol. The van der Waals surface area contributed by atoms with E-state index in [-0.39, 0.29) is 41.1 Å². The van der Waals surface area contributed by atoms with Crippen LogP contribution in [0.25, 0.3) is 0 Å². The Morgan fingerprint density at radius 1 is 1.15 bits per heavy atom. The van der Waals surface area contributed by atoms with Crippen molar-refractivity contribution in [3.05, 3.63) is 35.6 Å². The lowest BCUT2D eigenvalue weighted by atomic mass is 10.0. The standard InChI is InChI=1S/C21H31FN2O2/c1-20(2)18(21(20,3)4)19(26)24-11-10-23(17(14-24)9-12-25)13-15-5-7-16(22)8-6-15/h5-8,17-18,25H,9-14H2,1-4H3/t17-/m1/s1. The number of piperazine rings is 1. The molecule has 1 N–H and O–H groups in total. The molecule has 3 rings (SSSR count). The second kappa shape index (κ2) is 6.93. The highest BCUT2D eigenvalue weighted by Crippen LogP contribution is 2.68. The molecular formula is C21H31FN2O2. The van der Waals surface area contributed by atoms with Gasteiger partial charge in [-0.3, -0.25) is 9.69 Å². The molecule has 4 nitrogen and oxygen atoms in total. The Hall–Kier alpha value is -1.46. The first-order valence-corrected chi connectivity index (χ1v) is 9.56. The lowest BCUT2D eigenvalue weighted by Crippen LogP contribution is -2.55. The predicted octanol–water partition coefficient (Wildman–Crippen LogP) is 2.90. The predicted molar refractivity (Wildman–Crippen MR) is 99.9 cm³/mol. The quantitative estimate of drug-likeness (QED) is 0.876. The van der Waals surface area contributed by atoms with Gasteiger partial charge in [-0.1, -0.05) is 39.8 Å². The van der Waals surface area contributed by atoms with Crippen LogP contribution in [0.1, 0.15) is 39.7 Å². The summed E-state index contributed by atoms with van der Waals surface area (Å²) in [4.78, 5) is 17.3. The summed E-state index contributed by atoms with van der Waals surface area (Å²) in [7, 11) is 0. The van der Waals surface area contributed by atoms with Crippen molar-refractivity contribution in [1.29, 1.82) is 0 Å². The van der Waals surface area contributed by atoms with Crippen molar-refractivity contribution in [1.82, 2.24) is 9.80 Å². The number of hydrogen-bond acceptors (Lipinski definition) is 3. The van der Waals surface area contributed by atoms with Crippen molar-refractivity contribution in [2.75, 3.05) is 26.2 Å². The average Bonchev–Trinajstić information content (AvgIpc) is 3.00. The highest BCUT2D eigenvalue weighted by molar-refractivity contribution is 5.84. The van der Waals surface area contributed by atoms with Gasteiger partial charge in [0.15, 0.2) is 0 Å². The van der Waals surface area contributed by atoms with E-state index in [1.54, 1.807) is 12.1 Å². The van der Waals surface area contributed by atoms with Gasteiger partial charge in [-0.15, -0.1) is 0 Å². The maximum atomic E-state index is 13.1. The molecule has 1 saturated heterocycles. The van der Waals surface area contributed by atoms with Gasteiger partial charge in [0, 0.05) is 44.7 Å². The molecule has 0 radical (unpaired) electrons. The second-order valence-corrected chi connectivity index (χ2v) is 8.92. The molecule has 26 heavy (non-hydrogen) atoms. The number of halogens is 1. The molecule has 5 heteroatoms. The minimum atomic E-state index is -0.231. The van der Waals surface area contributed by atoms with Crippen LogP contribution in [-0.2, 0) is 11.3 Å². The lowest BCUT2D eigenvalue weighted by Gasteiger charge is -2.42. The highest BCUT2D eigenvalue weighted by Gasteiger charge is 2.68. The molecule has 2 fully saturated rings. The van der Waals surface area contributed by atoms with Gasteiger partial charge in [-0.05, 0) is 34.9 Å². The summed E-state index contributed by atoms with van der Waals surface area (Å²) >= 11 is 0. The van der Waals surface area contributed by atoms with E-state index in [1.165, 1.54) is 12.1 Å². The third-order valence-electron chi connectivity index (χ3n) is 6.95. The minimum absolute atomic E-state index is 0.0435. The molecule has 0 spiro atoms. The van der Waals surface area contributed by atoms with Gasteiger partial charge in [-0.25, -0.2) is 4.39 Å². The number of nitrogens with zero attached hydrogens (tertiary/aromatic N) is 2. The summed E-state index contributed by atoms with van der Waals surface area (Å²) in [5.74, 6) is 0.100. The first-order chi connectivity index (χ1) is 12.2. The Labute approximate surface area is 156 Å². The van der Waals surface area contributed by atoms with Crippen molar-refractivity contribution in [2.24, 2.45) is 16.7 Å². The SMILES string of the molecule is CC1(C)C(C(=O)N2CCN(Cc3ccc(F)cc3)[C@H](CCO)C2)C1(C)C. The van der Waals surface area contributed by atoms with Crippen LogP contribution in [0.2, 0.25) is 0 Å². The van der Waals surface area contributed by atoms with Gasteiger partial charge in [0.1, 0.15) is 5.82 Å². The molecule has 1 heterocycles. The van der Waals surface area contributed by atoms with Crippen molar-refractivity contribution in [3.63, 3.8) is 0 Å². The Kier molecular flexibility index (Phi) is 5.15. The number of benzene rings is 1. The van der Waals surface area contributed by atoms with Crippen LogP contribution >= 0.6 is 0 Å². The smallest absolute Gasteiger partial charge is 0.226 e. The van der Waals surface area contributed by atoms with Gasteiger partial charge in [0.2, 0.25) is 5.91 Å². The zero-order chi connectivity index (χ0) is 19.1. The Bertz CT molecular complexity index is 642. The van der Waals surface area contributed by atoms with Crippen LogP contribution in [0.3, 0.4) is 0 Å². The van der Waals surface area contributed by atoms with Gasteiger partial charge in [0.05, 0.1) is 0 Å². The molecule has 0 bridgehead atoms. The Morgan fingerprint density at radius 3 is 2.31 bits per heavy atom. The maximum absolute atomic E-state index is 13.1. The van der Waals surface area contributed by atoms with Crippen LogP contribution in [0, 0.1) is 22.6 Å². The fourth-order valence-corrected chi connectivity index (χ4v) is 4.54. The number of carbonyl (C=O) groups excluding carboxylic acids is 1. The molecule has 1 aliphatic heterocycles. The van der Waals surface area contributed by atoms with Crippen LogP contribution in [0.5, 0.6) is 0 Å². The molecule has 1 aromatic carbocycles. The zero-order valence-corrected chi connectivity index (χ0v) is 16.3. The molecule has 144 valence electrons. The summed E-state index contributed by atoms with van der Waals surface area (Å²) in [6.07, 6.45) is 0.641. The number of aliphatic hydroxyl groups is 1. The van der Waals surface area contributed by atoms with Crippen molar-refractivity contribution in [2.45, 2.75) is 46.7 Å². The van der Waals surface area contributed by atoms with Crippen molar-refractivity contribution < 1.29 is 14.3 Å². The Balaban J connectivity index is 1.66. The molecule has 0 aromatic heterocycles. The number of amides is 1. The average molecular weight is 362 g/mol. The maximum Gasteiger partial charge on any atom is 0.226 e. The minimum Gasteiger partial charge on any atom is -0.396 e. The van der Waals surface area contributed by atoms with Crippen molar-refractivity contribution >= 4 is 5.91 Å². The first kappa shape index (κ1) is 19.3. The number of carbonyl (C=O) groups is 1. The van der Waals surface area contributed by atoms with E-state index >= 15 is 0 Å². The van der Waals surface area contributed by atoms with E-state index in [0.29, 0.717) is 26.1 Å². The summed E-state index contributed by atoms with van der Waals surface area (Å²) in [6.45, 7) is 11.7. The van der Waals surface area contributed by atoms with Gasteiger partial charge < -0.3 is 10.0 Å². The number of rotatable bonds is 5. The van der Waals surface area contributed by atoms with E-state index in [4.69, 9.17) is 0 Å². The van der Waals surface area contributed by atoms with Crippen LogP contribution < -0.4 is 0 Å². The first-order valence-electron chi connectivity index (χ1n) is 9.56. The van der Waals surface area contributed by atoms with Crippen LogP contribution in [0.4, 0.5) is 4.39 Å². The summed E-state index contributed by atoms with van der Waals surface area (Å²) in [5.41, 5.74) is 1.14. The molecule has 2 aliphatic rings. The summed E-state index contributed by atoms with van der Waals surface area (Å²) in [5, 5.41) is 9.47. The lowest BCUT2D eigenvalue weighted by molar-refractivity contribution is -0.137. The third kappa shape index (κ3) is 3.39. The highest BCUT2D eigenvalue weighted by atomic mass is 19.1. The van der Waals surface area contributed by atoms with Crippen molar-refractivity contribution in [3.8, 4) is 0 Å². The molecule has 0 unspecified atom stereocenters. The molecule has 1 aliphatic carbocycles. The van der Waals surface area contributed by atoms with Crippen LogP contribution in [0.15, 0.2) is 24.3 Å². The number of hydrogen-bond donors (Lipinski definition) is 1. The fraction of sp³-hybridized carbons (Fsp3) is 0.667. The normalized spacial score (nSPS) is 25.3. The van der Waals surface area contributed by atoms with Gasteiger partial charge in [-0.2, -0.15) is 0 Å². The molecule has 1 atom stereocenters. The summed E-state index contributed by atoms with van der Waals surface area (Å²) < 4.78 is 13.1. The topological polar surface area (TPSA) is 43.8 Å². The molecule has 1 amide bonds. The summed E-state index contributed by atoms with van der Waals surface area (Å²) in [6, 6.07) is 6.70. The van der Waals surface area contributed by atoms with E-state index in [1.807, 2.05) is 4.90 Å².